The van der Waals surface area contributed by atoms with E-state index in [1.807, 2.05) is 0 Å². The molecule has 0 atom stereocenters. The van der Waals surface area contributed by atoms with E-state index in [0.717, 1.165) is 0 Å². The van der Waals surface area contributed by atoms with Crippen molar-refractivity contribution in [3.8, 4) is 17.2 Å². The fraction of sp³-hybridized carbons (Fsp3) is 0.0800. The van der Waals surface area contributed by atoms with Crippen LogP contribution in [0.25, 0.3) is 6.08 Å². The number of benzene rings is 3. The van der Waals surface area contributed by atoms with E-state index in [1.54, 1.807) is 49.6 Å². The molecule has 0 aliphatic carbocycles. The van der Waals surface area contributed by atoms with Gasteiger partial charge in [0.2, 0.25) is 0 Å². The molecular formula is C25H20N2O6. The largest absolute Gasteiger partial charge is 0.504 e. The van der Waals surface area contributed by atoms with Crippen LogP contribution >= 0.6 is 0 Å². The lowest BCUT2D eigenvalue weighted by Crippen LogP contribution is -2.21. The highest BCUT2D eigenvalue weighted by atomic mass is 16.5. The van der Waals surface area contributed by atoms with Crippen LogP contribution in [0.3, 0.4) is 0 Å². The maximum Gasteiger partial charge on any atom is 0.335 e. The number of hydrogen-bond donors (Lipinski definition) is 2. The van der Waals surface area contributed by atoms with Gasteiger partial charge in [-0.2, -0.15) is 10.1 Å². The average molecular weight is 444 g/mol. The Bertz CT molecular complexity index is 1280. The van der Waals surface area contributed by atoms with Crippen molar-refractivity contribution in [2.45, 2.75) is 0 Å². The zero-order valence-electron chi connectivity index (χ0n) is 17.9. The number of phenols is 1. The monoisotopic (exact) mass is 444 g/mol. The Kier molecular flexibility index (Phi) is 5.82. The molecule has 4 rings (SSSR count). The van der Waals surface area contributed by atoms with Crippen LogP contribution in [0.1, 0.15) is 21.5 Å². The van der Waals surface area contributed by atoms with Gasteiger partial charge in [0.15, 0.2) is 11.5 Å². The summed E-state index contributed by atoms with van der Waals surface area (Å²) < 4.78 is 10.4. The number of carboxylic acid groups (broad SMARTS) is 1. The molecule has 0 saturated heterocycles. The fourth-order valence-corrected chi connectivity index (χ4v) is 3.38. The van der Waals surface area contributed by atoms with Gasteiger partial charge in [-0.15, -0.1) is 0 Å². The number of ether oxygens (including phenoxy) is 2. The molecule has 166 valence electrons. The van der Waals surface area contributed by atoms with Gasteiger partial charge < -0.3 is 19.7 Å². The predicted octanol–water partition coefficient (Wildman–Crippen LogP) is 3.94. The van der Waals surface area contributed by atoms with Crippen molar-refractivity contribution < 1.29 is 29.3 Å². The summed E-state index contributed by atoms with van der Waals surface area (Å²) in [7, 11) is 3.01. The molecule has 1 aliphatic rings. The molecule has 2 N–H and O–H groups in total. The second-order valence-electron chi connectivity index (χ2n) is 7.14. The number of anilines is 1. The minimum Gasteiger partial charge on any atom is -0.504 e. The van der Waals surface area contributed by atoms with Crippen molar-refractivity contribution in [1.82, 2.24) is 0 Å². The molecule has 3 aromatic rings. The Balaban J connectivity index is 1.80. The lowest BCUT2D eigenvalue weighted by atomic mass is 10.00. The third kappa shape index (κ3) is 4.27. The zero-order chi connectivity index (χ0) is 23.5. The Labute approximate surface area is 189 Å². The number of aromatic carboxylic acids is 1. The van der Waals surface area contributed by atoms with Gasteiger partial charge in [-0.05, 0) is 72.3 Å². The zero-order valence-corrected chi connectivity index (χ0v) is 17.9. The molecule has 1 heterocycles. The standard InChI is InChI=1S/C25H20N2O6/c1-32-19-10-6-16(7-11-19)23-20(13-15-3-12-21(28)22(14-15)33-2)24(29)27(26-23)18-8-4-17(5-9-18)25(30)31/h3-14,28H,1-2H3,(H,30,31)/b20-13-. The van der Waals surface area contributed by atoms with Crippen molar-refractivity contribution in [2.24, 2.45) is 5.10 Å². The molecule has 0 aromatic heterocycles. The molecule has 1 aliphatic heterocycles. The van der Waals surface area contributed by atoms with Crippen LogP contribution in [-0.2, 0) is 4.79 Å². The van der Waals surface area contributed by atoms with E-state index in [1.165, 1.54) is 42.5 Å². The van der Waals surface area contributed by atoms with Crippen LogP contribution < -0.4 is 14.5 Å². The molecule has 0 radical (unpaired) electrons. The fourth-order valence-electron chi connectivity index (χ4n) is 3.38. The van der Waals surface area contributed by atoms with Crippen molar-refractivity contribution in [3.05, 3.63) is 89.0 Å². The number of nitrogens with zero attached hydrogens (tertiary/aromatic N) is 2. The number of hydrazone groups is 1. The second kappa shape index (κ2) is 8.88. The van der Waals surface area contributed by atoms with Crippen LogP contribution in [0.5, 0.6) is 17.2 Å². The summed E-state index contributed by atoms with van der Waals surface area (Å²) in [6.45, 7) is 0. The van der Waals surface area contributed by atoms with Gasteiger partial charge >= 0.3 is 5.97 Å². The van der Waals surface area contributed by atoms with Gasteiger partial charge in [-0.3, -0.25) is 4.79 Å². The highest BCUT2D eigenvalue weighted by molar-refractivity contribution is 6.37. The van der Waals surface area contributed by atoms with Gasteiger partial charge in [0.1, 0.15) is 11.5 Å². The summed E-state index contributed by atoms with van der Waals surface area (Å²) >= 11 is 0. The summed E-state index contributed by atoms with van der Waals surface area (Å²) in [5, 5.41) is 24.8. The Morgan fingerprint density at radius 2 is 1.67 bits per heavy atom. The Morgan fingerprint density at radius 1 is 0.970 bits per heavy atom. The van der Waals surface area contributed by atoms with E-state index in [9.17, 15) is 14.7 Å². The Morgan fingerprint density at radius 3 is 2.27 bits per heavy atom. The van der Waals surface area contributed by atoms with E-state index < -0.39 is 5.97 Å². The molecule has 0 unspecified atom stereocenters. The number of amides is 1. The molecular weight excluding hydrogens is 424 g/mol. The Hall–Kier alpha value is -4.59. The third-order valence-corrected chi connectivity index (χ3v) is 5.11. The summed E-state index contributed by atoms with van der Waals surface area (Å²) in [5.74, 6) is -0.506. The smallest absolute Gasteiger partial charge is 0.335 e. The lowest BCUT2D eigenvalue weighted by molar-refractivity contribution is -0.114. The van der Waals surface area contributed by atoms with E-state index in [-0.39, 0.29) is 23.0 Å². The van der Waals surface area contributed by atoms with E-state index in [0.29, 0.717) is 33.8 Å². The van der Waals surface area contributed by atoms with Gasteiger partial charge in [-0.25, -0.2) is 4.79 Å². The summed E-state index contributed by atoms with van der Waals surface area (Å²) in [4.78, 5) is 24.5. The normalized spacial score (nSPS) is 14.4. The number of carbonyl (C=O) groups excluding carboxylic acids is 1. The first kappa shape index (κ1) is 21.6. The molecule has 3 aromatic carbocycles. The minimum atomic E-state index is -1.06. The average Bonchev–Trinajstić information content (AvgIpc) is 3.16. The first-order valence-electron chi connectivity index (χ1n) is 9.91. The van der Waals surface area contributed by atoms with E-state index >= 15 is 0 Å². The molecule has 0 saturated carbocycles. The van der Waals surface area contributed by atoms with Crippen molar-refractivity contribution in [3.63, 3.8) is 0 Å². The van der Waals surface area contributed by atoms with Crippen LogP contribution in [0, 0.1) is 0 Å². The molecule has 0 fully saturated rings. The molecule has 1 amide bonds. The van der Waals surface area contributed by atoms with E-state index in [2.05, 4.69) is 5.10 Å². The van der Waals surface area contributed by atoms with Crippen molar-refractivity contribution >= 4 is 29.4 Å². The lowest BCUT2D eigenvalue weighted by Gasteiger charge is -2.11. The highest BCUT2D eigenvalue weighted by Crippen LogP contribution is 2.31. The summed E-state index contributed by atoms with van der Waals surface area (Å²) in [6, 6.07) is 17.8. The topological polar surface area (TPSA) is 109 Å². The number of carbonyl (C=O) groups is 2. The predicted molar refractivity (Wildman–Crippen MR) is 123 cm³/mol. The quantitative estimate of drug-likeness (QED) is 0.558. The number of rotatable bonds is 6. The third-order valence-electron chi connectivity index (χ3n) is 5.11. The first-order valence-corrected chi connectivity index (χ1v) is 9.91. The number of carboxylic acids is 1. The molecule has 33 heavy (non-hydrogen) atoms. The number of methoxy groups -OCH3 is 2. The van der Waals surface area contributed by atoms with Gasteiger partial charge in [0.25, 0.3) is 5.91 Å². The maximum atomic E-state index is 13.4. The van der Waals surface area contributed by atoms with Crippen LogP contribution in [-0.4, -0.2) is 42.0 Å². The maximum absolute atomic E-state index is 13.4. The molecule has 0 bridgehead atoms. The van der Waals surface area contributed by atoms with Gasteiger partial charge in [0.05, 0.1) is 31.0 Å². The van der Waals surface area contributed by atoms with Crippen LogP contribution in [0.2, 0.25) is 0 Å². The van der Waals surface area contributed by atoms with Crippen molar-refractivity contribution in [2.75, 3.05) is 19.2 Å². The molecule has 0 spiro atoms. The SMILES string of the molecule is COc1ccc(C2=NN(c3ccc(C(=O)O)cc3)C(=O)/C2=C\c2ccc(O)c(OC)c2)cc1. The van der Waals surface area contributed by atoms with Crippen LogP contribution in [0.15, 0.2) is 77.4 Å². The van der Waals surface area contributed by atoms with Gasteiger partial charge in [-0.1, -0.05) is 6.07 Å². The molecule has 8 nitrogen and oxygen atoms in total. The van der Waals surface area contributed by atoms with Crippen molar-refractivity contribution in [1.29, 1.82) is 0 Å². The first-order chi connectivity index (χ1) is 15.9. The number of aromatic hydroxyl groups is 1. The number of phenolic OH excluding ortho intramolecular Hbond substituents is 1. The number of hydrogen-bond acceptors (Lipinski definition) is 6. The summed E-state index contributed by atoms with van der Waals surface area (Å²) in [6.07, 6.45) is 1.67. The minimum absolute atomic E-state index is 0.0124. The van der Waals surface area contributed by atoms with Crippen LogP contribution in [0.4, 0.5) is 5.69 Å². The highest BCUT2D eigenvalue weighted by Gasteiger charge is 2.32. The summed E-state index contributed by atoms with van der Waals surface area (Å²) in [5.41, 5.74) is 2.65. The van der Waals surface area contributed by atoms with E-state index in [4.69, 9.17) is 14.6 Å². The second-order valence-corrected chi connectivity index (χ2v) is 7.14. The van der Waals surface area contributed by atoms with Gasteiger partial charge in [0, 0.05) is 5.56 Å². The molecule has 8 heteroatoms.